The molecule has 1 aromatic heterocycles. The Hall–Kier alpha value is -1.28. The van der Waals surface area contributed by atoms with Crippen LogP contribution >= 0.6 is 11.3 Å². The first-order valence-electron chi connectivity index (χ1n) is 5.82. The molecule has 2 heterocycles. The van der Waals surface area contributed by atoms with Crippen LogP contribution in [0.4, 0.5) is 5.69 Å². The van der Waals surface area contributed by atoms with E-state index >= 15 is 0 Å². The Kier molecular flexibility index (Phi) is 2.66. The van der Waals surface area contributed by atoms with Crippen molar-refractivity contribution in [3.05, 3.63) is 41.8 Å². The van der Waals surface area contributed by atoms with Crippen LogP contribution in [0.15, 0.2) is 41.8 Å². The Morgan fingerprint density at radius 1 is 0.938 bits per heavy atom. The van der Waals surface area contributed by atoms with Gasteiger partial charge in [0, 0.05) is 23.7 Å². The second-order valence-corrected chi connectivity index (χ2v) is 5.17. The third kappa shape index (κ3) is 1.85. The Labute approximate surface area is 100 Å². The molecule has 1 aliphatic rings. The first kappa shape index (κ1) is 9.91. The second-order valence-electron chi connectivity index (χ2n) is 4.22. The van der Waals surface area contributed by atoms with E-state index in [1.165, 1.54) is 42.1 Å². The third-order valence-electron chi connectivity index (χ3n) is 3.14. The van der Waals surface area contributed by atoms with Crippen molar-refractivity contribution >= 4 is 17.0 Å². The average Bonchev–Trinajstić information content (AvgIpc) is 3.03. The molecule has 1 fully saturated rings. The van der Waals surface area contributed by atoms with Crippen molar-refractivity contribution in [1.82, 2.24) is 0 Å². The molecule has 2 heteroatoms. The highest BCUT2D eigenvalue weighted by molar-refractivity contribution is 7.13. The molecule has 0 spiro atoms. The van der Waals surface area contributed by atoms with Crippen molar-refractivity contribution in [2.45, 2.75) is 12.8 Å². The smallest absolute Gasteiger partial charge is 0.0366 e. The fourth-order valence-corrected chi connectivity index (χ4v) is 2.99. The fraction of sp³-hybridized carbons (Fsp3) is 0.286. The number of hydrogen-bond acceptors (Lipinski definition) is 2. The summed E-state index contributed by atoms with van der Waals surface area (Å²) in [6, 6.07) is 13.3. The van der Waals surface area contributed by atoms with Crippen LogP contribution in [0.25, 0.3) is 10.4 Å². The Balaban J connectivity index is 1.84. The van der Waals surface area contributed by atoms with Gasteiger partial charge in [-0.15, -0.1) is 11.3 Å². The van der Waals surface area contributed by atoms with Crippen LogP contribution in [-0.2, 0) is 0 Å². The largest absolute Gasteiger partial charge is 0.372 e. The van der Waals surface area contributed by atoms with E-state index < -0.39 is 0 Å². The van der Waals surface area contributed by atoms with E-state index in [4.69, 9.17) is 0 Å². The summed E-state index contributed by atoms with van der Waals surface area (Å²) in [7, 11) is 0. The predicted molar refractivity (Wildman–Crippen MR) is 71.2 cm³/mol. The van der Waals surface area contributed by atoms with Crippen LogP contribution in [0.5, 0.6) is 0 Å². The quantitative estimate of drug-likeness (QED) is 0.752. The van der Waals surface area contributed by atoms with Gasteiger partial charge < -0.3 is 4.90 Å². The first-order chi connectivity index (χ1) is 7.93. The molecule has 82 valence electrons. The van der Waals surface area contributed by atoms with Crippen molar-refractivity contribution in [3.63, 3.8) is 0 Å². The Morgan fingerprint density at radius 2 is 1.69 bits per heavy atom. The molecular formula is C14H15NS. The van der Waals surface area contributed by atoms with E-state index in [-0.39, 0.29) is 0 Å². The van der Waals surface area contributed by atoms with Crippen LogP contribution in [0.1, 0.15) is 12.8 Å². The standard InChI is InChI=1S/C14H15NS/c1-2-10-15(9-1)13-7-5-12(6-8-13)14-4-3-11-16-14/h3-8,11H,1-2,9-10H2. The fourth-order valence-electron chi connectivity index (χ4n) is 2.25. The van der Waals surface area contributed by atoms with Gasteiger partial charge in [-0.3, -0.25) is 0 Å². The number of benzene rings is 1. The van der Waals surface area contributed by atoms with Gasteiger partial charge in [-0.2, -0.15) is 0 Å². The number of hydrogen-bond donors (Lipinski definition) is 0. The summed E-state index contributed by atoms with van der Waals surface area (Å²) in [4.78, 5) is 3.83. The molecule has 0 amide bonds. The highest BCUT2D eigenvalue weighted by Gasteiger charge is 2.11. The summed E-state index contributed by atoms with van der Waals surface area (Å²) < 4.78 is 0. The molecule has 2 aromatic rings. The van der Waals surface area contributed by atoms with Gasteiger partial charge in [-0.05, 0) is 42.0 Å². The summed E-state index contributed by atoms with van der Waals surface area (Å²) in [6.07, 6.45) is 2.68. The SMILES string of the molecule is c1csc(-c2ccc(N3CCCC3)cc2)c1. The summed E-state index contributed by atoms with van der Waals surface area (Å²) in [5, 5.41) is 2.13. The van der Waals surface area contributed by atoms with Crippen molar-refractivity contribution in [3.8, 4) is 10.4 Å². The maximum Gasteiger partial charge on any atom is 0.0366 e. The maximum absolute atomic E-state index is 2.47. The highest BCUT2D eigenvalue weighted by Crippen LogP contribution is 2.27. The Bertz CT molecular complexity index is 438. The molecule has 16 heavy (non-hydrogen) atoms. The van der Waals surface area contributed by atoms with Gasteiger partial charge in [-0.1, -0.05) is 18.2 Å². The lowest BCUT2D eigenvalue weighted by atomic mass is 10.1. The minimum atomic E-state index is 1.22. The lowest BCUT2D eigenvalue weighted by molar-refractivity contribution is 0.949. The summed E-state index contributed by atoms with van der Waals surface area (Å²) in [6.45, 7) is 2.44. The molecule has 0 atom stereocenters. The van der Waals surface area contributed by atoms with Crippen LogP contribution in [0.2, 0.25) is 0 Å². The topological polar surface area (TPSA) is 3.24 Å². The number of rotatable bonds is 2. The lowest BCUT2D eigenvalue weighted by Crippen LogP contribution is -2.17. The number of thiophene rings is 1. The average molecular weight is 229 g/mol. The highest BCUT2D eigenvalue weighted by atomic mass is 32.1. The van der Waals surface area contributed by atoms with Gasteiger partial charge >= 0.3 is 0 Å². The molecular weight excluding hydrogens is 214 g/mol. The predicted octanol–water partition coefficient (Wildman–Crippen LogP) is 4.02. The van der Waals surface area contributed by atoms with Crippen molar-refractivity contribution in [2.75, 3.05) is 18.0 Å². The van der Waals surface area contributed by atoms with E-state index in [1.54, 1.807) is 11.3 Å². The number of nitrogens with zero attached hydrogens (tertiary/aromatic N) is 1. The molecule has 0 unspecified atom stereocenters. The molecule has 0 N–H and O–H groups in total. The van der Waals surface area contributed by atoms with Crippen molar-refractivity contribution in [2.24, 2.45) is 0 Å². The van der Waals surface area contributed by atoms with Crippen LogP contribution in [0, 0.1) is 0 Å². The summed E-state index contributed by atoms with van der Waals surface area (Å²) in [5.41, 5.74) is 2.70. The van der Waals surface area contributed by atoms with Gasteiger partial charge in [0.15, 0.2) is 0 Å². The maximum atomic E-state index is 2.47. The molecule has 0 radical (unpaired) electrons. The van der Waals surface area contributed by atoms with E-state index in [1.807, 2.05) is 0 Å². The molecule has 1 saturated heterocycles. The van der Waals surface area contributed by atoms with Gasteiger partial charge in [0.05, 0.1) is 0 Å². The normalized spacial score (nSPS) is 15.6. The van der Waals surface area contributed by atoms with Crippen LogP contribution in [0.3, 0.4) is 0 Å². The van der Waals surface area contributed by atoms with Gasteiger partial charge in [0.2, 0.25) is 0 Å². The molecule has 0 aliphatic carbocycles. The van der Waals surface area contributed by atoms with E-state index in [9.17, 15) is 0 Å². The zero-order valence-corrected chi connectivity index (χ0v) is 10.0. The first-order valence-corrected chi connectivity index (χ1v) is 6.70. The van der Waals surface area contributed by atoms with Gasteiger partial charge in [0.1, 0.15) is 0 Å². The second kappa shape index (κ2) is 4.30. The third-order valence-corrected chi connectivity index (χ3v) is 4.06. The number of anilines is 1. The molecule has 1 nitrogen and oxygen atoms in total. The zero-order valence-electron chi connectivity index (χ0n) is 9.23. The van der Waals surface area contributed by atoms with E-state index in [2.05, 4.69) is 46.7 Å². The summed E-state index contributed by atoms with van der Waals surface area (Å²) >= 11 is 1.80. The van der Waals surface area contributed by atoms with E-state index in [0.717, 1.165) is 0 Å². The van der Waals surface area contributed by atoms with Crippen LogP contribution in [-0.4, -0.2) is 13.1 Å². The molecule has 3 rings (SSSR count). The Morgan fingerprint density at radius 3 is 2.31 bits per heavy atom. The molecule has 0 saturated carbocycles. The van der Waals surface area contributed by atoms with Gasteiger partial charge in [0.25, 0.3) is 0 Å². The summed E-state index contributed by atoms with van der Waals surface area (Å²) in [5.74, 6) is 0. The molecule has 1 aliphatic heterocycles. The minimum Gasteiger partial charge on any atom is -0.372 e. The van der Waals surface area contributed by atoms with Gasteiger partial charge in [-0.25, -0.2) is 0 Å². The molecule has 1 aromatic carbocycles. The monoisotopic (exact) mass is 229 g/mol. The van der Waals surface area contributed by atoms with E-state index in [0.29, 0.717) is 0 Å². The lowest BCUT2D eigenvalue weighted by Gasteiger charge is -2.17. The molecule has 0 bridgehead atoms. The zero-order chi connectivity index (χ0) is 10.8. The van der Waals surface area contributed by atoms with Crippen molar-refractivity contribution in [1.29, 1.82) is 0 Å². The van der Waals surface area contributed by atoms with Crippen LogP contribution < -0.4 is 4.90 Å². The minimum absolute atomic E-state index is 1.22. The van der Waals surface area contributed by atoms with Crippen molar-refractivity contribution < 1.29 is 0 Å².